The van der Waals surface area contributed by atoms with Crippen LogP contribution in [0.4, 0.5) is 10.8 Å². The number of ether oxygens (including phenoxy) is 2. The van der Waals surface area contributed by atoms with Crippen molar-refractivity contribution in [3.63, 3.8) is 0 Å². The Labute approximate surface area is 165 Å². The van der Waals surface area contributed by atoms with Crippen molar-refractivity contribution < 1.29 is 19.2 Å². The molecule has 0 saturated heterocycles. The molecule has 0 radical (unpaired) electrons. The molecule has 0 atom stereocenters. The van der Waals surface area contributed by atoms with Crippen molar-refractivity contribution in [3.8, 4) is 11.5 Å². The van der Waals surface area contributed by atoms with Crippen LogP contribution in [0, 0.1) is 10.1 Å². The molecule has 8 nitrogen and oxygen atoms in total. The smallest absolute Gasteiger partial charge is 0.274 e. The number of aromatic nitrogens is 1. The van der Waals surface area contributed by atoms with E-state index in [2.05, 4.69) is 24.1 Å². The van der Waals surface area contributed by atoms with E-state index in [9.17, 15) is 14.9 Å². The standard InChI is InChI=1S/C19H19N3O5S/c1-11(2)12-4-6-14(7-5-12)27-10-17(23)20-19-21-18-15(26-3)8-13(22(24)25)9-16(18)28-19/h4-9,11H,10H2,1-3H3,(H,20,21,23). The minimum Gasteiger partial charge on any atom is -0.494 e. The number of methoxy groups -OCH3 is 1. The van der Waals surface area contributed by atoms with Crippen molar-refractivity contribution in [2.24, 2.45) is 0 Å². The quantitative estimate of drug-likeness (QED) is 0.466. The average molecular weight is 401 g/mol. The van der Waals surface area contributed by atoms with Gasteiger partial charge in [-0.05, 0) is 23.6 Å². The van der Waals surface area contributed by atoms with E-state index in [4.69, 9.17) is 9.47 Å². The third-order valence-corrected chi connectivity index (χ3v) is 4.96. The van der Waals surface area contributed by atoms with Gasteiger partial charge in [-0.2, -0.15) is 0 Å². The molecule has 0 aliphatic heterocycles. The molecule has 0 spiro atoms. The van der Waals surface area contributed by atoms with Gasteiger partial charge >= 0.3 is 0 Å². The number of benzene rings is 2. The third kappa shape index (κ3) is 4.37. The Balaban J connectivity index is 1.68. The molecule has 1 amide bonds. The summed E-state index contributed by atoms with van der Waals surface area (Å²) >= 11 is 1.13. The number of nitro benzene ring substituents is 1. The van der Waals surface area contributed by atoms with E-state index >= 15 is 0 Å². The Morgan fingerprint density at radius 3 is 2.61 bits per heavy atom. The highest BCUT2D eigenvalue weighted by atomic mass is 32.1. The first-order valence-corrected chi connectivity index (χ1v) is 9.34. The molecule has 28 heavy (non-hydrogen) atoms. The monoisotopic (exact) mass is 401 g/mol. The fourth-order valence-electron chi connectivity index (χ4n) is 2.55. The van der Waals surface area contributed by atoms with Crippen LogP contribution in [-0.2, 0) is 4.79 Å². The lowest BCUT2D eigenvalue weighted by atomic mass is 10.0. The molecule has 1 N–H and O–H groups in total. The molecule has 0 bridgehead atoms. The number of fused-ring (bicyclic) bond motifs is 1. The highest BCUT2D eigenvalue weighted by Gasteiger charge is 2.17. The van der Waals surface area contributed by atoms with Crippen LogP contribution in [-0.4, -0.2) is 29.5 Å². The Kier molecular flexibility index (Phi) is 5.74. The summed E-state index contributed by atoms with van der Waals surface area (Å²) in [5.74, 6) is 0.924. The molecule has 1 heterocycles. The lowest BCUT2D eigenvalue weighted by Gasteiger charge is -2.08. The second kappa shape index (κ2) is 8.22. The number of nitro groups is 1. The van der Waals surface area contributed by atoms with Gasteiger partial charge in [0.25, 0.3) is 11.6 Å². The molecule has 9 heteroatoms. The summed E-state index contributed by atoms with van der Waals surface area (Å²) in [4.78, 5) is 27.0. The lowest BCUT2D eigenvalue weighted by molar-refractivity contribution is -0.384. The lowest BCUT2D eigenvalue weighted by Crippen LogP contribution is -2.20. The Hall–Kier alpha value is -3.20. The first-order chi connectivity index (χ1) is 13.4. The number of anilines is 1. The van der Waals surface area contributed by atoms with Crippen molar-refractivity contribution in [2.45, 2.75) is 19.8 Å². The van der Waals surface area contributed by atoms with E-state index < -0.39 is 4.92 Å². The predicted octanol–water partition coefficient (Wildman–Crippen LogP) is 4.35. The maximum atomic E-state index is 12.2. The van der Waals surface area contributed by atoms with Crippen LogP contribution in [0.5, 0.6) is 11.5 Å². The summed E-state index contributed by atoms with van der Waals surface area (Å²) in [6.07, 6.45) is 0. The summed E-state index contributed by atoms with van der Waals surface area (Å²) in [6, 6.07) is 10.3. The number of nitrogens with zero attached hydrogens (tertiary/aromatic N) is 2. The third-order valence-electron chi connectivity index (χ3n) is 4.04. The highest BCUT2D eigenvalue weighted by Crippen LogP contribution is 2.36. The van der Waals surface area contributed by atoms with Crippen LogP contribution in [0.2, 0.25) is 0 Å². The fraction of sp³-hybridized carbons (Fsp3) is 0.263. The summed E-state index contributed by atoms with van der Waals surface area (Å²) in [5.41, 5.74) is 1.55. The van der Waals surface area contributed by atoms with Gasteiger partial charge in [0.1, 0.15) is 11.3 Å². The van der Waals surface area contributed by atoms with Gasteiger partial charge in [-0.1, -0.05) is 37.3 Å². The van der Waals surface area contributed by atoms with Gasteiger partial charge in [0, 0.05) is 6.07 Å². The van der Waals surface area contributed by atoms with Crippen molar-refractivity contribution in [3.05, 3.63) is 52.1 Å². The van der Waals surface area contributed by atoms with E-state index in [0.29, 0.717) is 27.0 Å². The van der Waals surface area contributed by atoms with Crippen LogP contribution < -0.4 is 14.8 Å². The Bertz CT molecular complexity index is 1010. The number of thiazole rings is 1. The van der Waals surface area contributed by atoms with Crippen LogP contribution in [0.25, 0.3) is 10.2 Å². The van der Waals surface area contributed by atoms with Crippen molar-refractivity contribution in [1.82, 2.24) is 4.98 Å². The maximum Gasteiger partial charge on any atom is 0.274 e. The minimum absolute atomic E-state index is 0.0981. The Morgan fingerprint density at radius 2 is 2.00 bits per heavy atom. The molecule has 3 rings (SSSR count). The topological polar surface area (TPSA) is 104 Å². The highest BCUT2D eigenvalue weighted by molar-refractivity contribution is 7.22. The number of hydrogen-bond acceptors (Lipinski definition) is 7. The number of hydrogen-bond donors (Lipinski definition) is 1. The SMILES string of the molecule is COc1cc([N+](=O)[O-])cc2sc(NC(=O)COc3ccc(C(C)C)cc3)nc12. The van der Waals surface area contributed by atoms with Crippen molar-refractivity contribution >= 4 is 38.3 Å². The second-order valence-corrected chi connectivity index (χ2v) is 7.36. The molecule has 2 aromatic carbocycles. The molecule has 0 aliphatic carbocycles. The normalized spacial score (nSPS) is 10.9. The molecular formula is C19H19N3O5S. The molecule has 0 aliphatic rings. The molecule has 0 fully saturated rings. The molecule has 1 aromatic heterocycles. The van der Waals surface area contributed by atoms with Gasteiger partial charge in [-0.3, -0.25) is 20.2 Å². The van der Waals surface area contributed by atoms with Crippen LogP contribution >= 0.6 is 11.3 Å². The number of carbonyl (C=O) groups is 1. The first kappa shape index (κ1) is 19.6. The van der Waals surface area contributed by atoms with Crippen molar-refractivity contribution in [2.75, 3.05) is 19.0 Å². The summed E-state index contributed by atoms with van der Waals surface area (Å²) in [5, 5.41) is 14.0. The van der Waals surface area contributed by atoms with Crippen LogP contribution in [0.1, 0.15) is 25.3 Å². The van der Waals surface area contributed by atoms with Crippen LogP contribution in [0.3, 0.4) is 0 Å². The summed E-state index contributed by atoms with van der Waals surface area (Å²) in [6.45, 7) is 4.03. The van der Waals surface area contributed by atoms with E-state index in [-0.39, 0.29) is 24.0 Å². The number of non-ortho nitro benzene ring substituents is 1. The molecule has 0 saturated carbocycles. The van der Waals surface area contributed by atoms with Gasteiger partial charge in [0.15, 0.2) is 17.5 Å². The largest absolute Gasteiger partial charge is 0.494 e. The second-order valence-electron chi connectivity index (χ2n) is 6.33. The zero-order valence-electron chi connectivity index (χ0n) is 15.6. The van der Waals surface area contributed by atoms with Gasteiger partial charge in [-0.15, -0.1) is 0 Å². The first-order valence-electron chi connectivity index (χ1n) is 8.53. The van der Waals surface area contributed by atoms with Gasteiger partial charge < -0.3 is 9.47 Å². The van der Waals surface area contributed by atoms with Crippen molar-refractivity contribution in [1.29, 1.82) is 0 Å². The van der Waals surface area contributed by atoms with Gasteiger partial charge in [-0.25, -0.2) is 4.98 Å². The average Bonchev–Trinajstić information content (AvgIpc) is 3.08. The van der Waals surface area contributed by atoms with E-state index in [1.54, 1.807) is 0 Å². The van der Waals surface area contributed by atoms with E-state index in [1.165, 1.54) is 24.8 Å². The molecule has 146 valence electrons. The fourth-order valence-corrected chi connectivity index (χ4v) is 3.49. The zero-order chi connectivity index (χ0) is 20.3. The van der Waals surface area contributed by atoms with Gasteiger partial charge in [0.2, 0.25) is 0 Å². The number of amides is 1. The predicted molar refractivity (Wildman–Crippen MR) is 107 cm³/mol. The minimum atomic E-state index is -0.502. The molecule has 0 unspecified atom stereocenters. The molecule has 3 aromatic rings. The Morgan fingerprint density at radius 1 is 1.29 bits per heavy atom. The molecular weight excluding hydrogens is 382 g/mol. The van der Waals surface area contributed by atoms with Gasteiger partial charge in [0.05, 0.1) is 22.8 Å². The number of carbonyl (C=O) groups excluding carboxylic acids is 1. The van der Waals surface area contributed by atoms with E-state index in [0.717, 1.165) is 11.3 Å². The number of nitrogens with one attached hydrogen (secondary N) is 1. The summed E-state index contributed by atoms with van der Waals surface area (Å²) in [7, 11) is 1.41. The zero-order valence-corrected chi connectivity index (χ0v) is 16.4. The number of rotatable bonds is 7. The maximum absolute atomic E-state index is 12.2. The van der Waals surface area contributed by atoms with E-state index in [1.807, 2.05) is 24.3 Å². The summed E-state index contributed by atoms with van der Waals surface area (Å²) < 4.78 is 11.2. The van der Waals surface area contributed by atoms with Crippen LogP contribution in [0.15, 0.2) is 36.4 Å².